The molecule has 21 heavy (non-hydrogen) atoms. The van der Waals surface area contributed by atoms with Crippen LogP contribution >= 0.6 is 12.2 Å². The van der Waals surface area contributed by atoms with Crippen molar-refractivity contribution in [3.8, 4) is 5.75 Å². The monoisotopic (exact) mass is 304 g/mol. The molecule has 0 radical (unpaired) electrons. The van der Waals surface area contributed by atoms with E-state index in [-0.39, 0.29) is 5.82 Å². The molecule has 2 aromatic carbocycles. The lowest BCUT2D eigenvalue weighted by Gasteiger charge is -2.20. The van der Waals surface area contributed by atoms with Gasteiger partial charge in [0.15, 0.2) is 0 Å². The van der Waals surface area contributed by atoms with Crippen molar-refractivity contribution >= 4 is 22.9 Å². The van der Waals surface area contributed by atoms with Crippen LogP contribution in [0, 0.1) is 5.82 Å². The lowest BCUT2D eigenvalue weighted by molar-refractivity contribution is 0.325. The lowest BCUT2D eigenvalue weighted by atomic mass is 10.2. The van der Waals surface area contributed by atoms with Crippen LogP contribution in [0.25, 0.3) is 0 Å². The summed E-state index contributed by atoms with van der Waals surface area (Å²) in [6.07, 6.45) is 0. The molecule has 5 heteroatoms. The summed E-state index contributed by atoms with van der Waals surface area (Å²) in [6.45, 7) is 1.04. The highest BCUT2D eigenvalue weighted by molar-refractivity contribution is 7.80. The lowest BCUT2D eigenvalue weighted by Crippen LogP contribution is -2.24. The number of anilines is 1. The fourth-order valence-corrected chi connectivity index (χ4v) is 2.03. The molecular formula is C16H17FN2OS. The highest BCUT2D eigenvalue weighted by atomic mass is 32.1. The molecule has 0 aliphatic rings. The van der Waals surface area contributed by atoms with E-state index in [0.29, 0.717) is 23.8 Å². The topological polar surface area (TPSA) is 38.5 Å². The number of hydrogen-bond donors (Lipinski definition) is 1. The van der Waals surface area contributed by atoms with Gasteiger partial charge in [0.2, 0.25) is 0 Å². The van der Waals surface area contributed by atoms with E-state index in [0.717, 1.165) is 11.3 Å². The predicted octanol–water partition coefficient (Wildman–Crippen LogP) is 2.98. The Balaban J connectivity index is 1.86. The van der Waals surface area contributed by atoms with Crippen LogP contribution in [0.2, 0.25) is 0 Å². The molecule has 0 heterocycles. The summed E-state index contributed by atoms with van der Waals surface area (Å²) in [5, 5.41) is 0. The van der Waals surface area contributed by atoms with Gasteiger partial charge < -0.3 is 15.4 Å². The number of halogens is 1. The molecule has 0 spiro atoms. The average molecular weight is 304 g/mol. The van der Waals surface area contributed by atoms with Gasteiger partial charge in [-0.25, -0.2) is 4.39 Å². The Bertz CT molecular complexity index is 616. The Labute approximate surface area is 129 Å². The van der Waals surface area contributed by atoms with E-state index in [1.807, 2.05) is 42.3 Å². The largest absolute Gasteiger partial charge is 0.492 e. The van der Waals surface area contributed by atoms with Crippen molar-refractivity contribution < 1.29 is 9.13 Å². The van der Waals surface area contributed by atoms with Crippen LogP contribution in [0.15, 0.2) is 48.5 Å². The van der Waals surface area contributed by atoms with Crippen molar-refractivity contribution in [3.63, 3.8) is 0 Å². The number of likely N-dealkylation sites (N-methyl/N-ethyl adjacent to an activating group) is 1. The Morgan fingerprint density at radius 3 is 2.48 bits per heavy atom. The third-order valence-electron chi connectivity index (χ3n) is 3.10. The quantitative estimate of drug-likeness (QED) is 0.833. The van der Waals surface area contributed by atoms with Crippen LogP contribution < -0.4 is 15.4 Å². The number of para-hydroxylation sites is 1. The first-order valence-electron chi connectivity index (χ1n) is 6.56. The van der Waals surface area contributed by atoms with Gasteiger partial charge in [-0.2, -0.15) is 0 Å². The molecule has 0 unspecified atom stereocenters. The van der Waals surface area contributed by atoms with Crippen molar-refractivity contribution in [1.29, 1.82) is 0 Å². The minimum atomic E-state index is -0.235. The number of nitrogens with zero attached hydrogens (tertiary/aromatic N) is 1. The Morgan fingerprint density at radius 2 is 1.86 bits per heavy atom. The molecular weight excluding hydrogens is 287 g/mol. The summed E-state index contributed by atoms with van der Waals surface area (Å²) in [5.74, 6) is 0.498. The van der Waals surface area contributed by atoms with Gasteiger partial charge in [0.25, 0.3) is 0 Å². The van der Waals surface area contributed by atoms with E-state index in [9.17, 15) is 4.39 Å². The van der Waals surface area contributed by atoms with Gasteiger partial charge in [0.1, 0.15) is 23.2 Å². The summed E-state index contributed by atoms with van der Waals surface area (Å²) in [7, 11) is 1.83. The van der Waals surface area contributed by atoms with E-state index < -0.39 is 0 Å². The first-order chi connectivity index (χ1) is 10.1. The Kier molecular flexibility index (Phi) is 5.11. The van der Waals surface area contributed by atoms with Crippen LogP contribution in [-0.2, 0) is 0 Å². The van der Waals surface area contributed by atoms with Gasteiger partial charge in [0, 0.05) is 12.6 Å². The molecule has 2 rings (SSSR count). The summed E-state index contributed by atoms with van der Waals surface area (Å²) in [4.78, 5) is 2.18. The summed E-state index contributed by atoms with van der Waals surface area (Å²) >= 11 is 4.89. The zero-order valence-electron chi connectivity index (χ0n) is 11.8. The number of rotatable bonds is 6. The van der Waals surface area contributed by atoms with Gasteiger partial charge in [-0.1, -0.05) is 24.4 Å². The standard InChI is InChI=1S/C16H17FN2OS/c1-19(15-5-3-2-4-14(15)17)10-11-20-13-8-6-12(7-9-13)16(18)21/h2-9H,10-11H2,1H3,(H2,18,21). The van der Waals surface area contributed by atoms with Gasteiger partial charge >= 0.3 is 0 Å². The van der Waals surface area contributed by atoms with E-state index in [4.69, 9.17) is 22.7 Å². The number of thiocarbonyl (C=S) groups is 1. The van der Waals surface area contributed by atoms with Crippen LogP contribution in [-0.4, -0.2) is 25.2 Å². The van der Waals surface area contributed by atoms with Crippen molar-refractivity contribution in [1.82, 2.24) is 0 Å². The van der Waals surface area contributed by atoms with E-state index in [2.05, 4.69) is 0 Å². The van der Waals surface area contributed by atoms with Crippen molar-refractivity contribution in [2.45, 2.75) is 0 Å². The summed E-state index contributed by atoms with van der Waals surface area (Å²) in [6, 6.07) is 13.9. The second-order valence-corrected chi connectivity index (χ2v) is 5.05. The number of ether oxygens (including phenoxy) is 1. The summed E-state index contributed by atoms with van der Waals surface area (Å²) in [5.41, 5.74) is 6.90. The molecule has 0 saturated heterocycles. The van der Waals surface area contributed by atoms with Crippen molar-refractivity contribution in [3.05, 3.63) is 59.9 Å². The maximum atomic E-state index is 13.6. The fraction of sp³-hybridized carbons (Fsp3) is 0.188. The highest BCUT2D eigenvalue weighted by Crippen LogP contribution is 2.17. The number of benzene rings is 2. The molecule has 0 aliphatic carbocycles. The SMILES string of the molecule is CN(CCOc1ccc(C(N)=S)cc1)c1ccccc1F. The van der Waals surface area contributed by atoms with Crippen LogP contribution in [0.3, 0.4) is 0 Å². The Hall–Kier alpha value is -2.14. The van der Waals surface area contributed by atoms with E-state index in [1.54, 1.807) is 12.1 Å². The van der Waals surface area contributed by atoms with Gasteiger partial charge in [0.05, 0.1) is 12.2 Å². The maximum Gasteiger partial charge on any atom is 0.146 e. The zero-order valence-corrected chi connectivity index (χ0v) is 12.6. The molecule has 0 fully saturated rings. The third kappa shape index (κ3) is 4.16. The molecule has 0 aromatic heterocycles. The number of nitrogens with two attached hydrogens (primary N) is 1. The molecule has 0 amide bonds. The molecule has 2 N–H and O–H groups in total. The third-order valence-corrected chi connectivity index (χ3v) is 3.33. The smallest absolute Gasteiger partial charge is 0.146 e. The van der Waals surface area contributed by atoms with Crippen LogP contribution in [0.4, 0.5) is 10.1 Å². The number of hydrogen-bond acceptors (Lipinski definition) is 3. The molecule has 0 atom stereocenters. The zero-order chi connectivity index (χ0) is 15.2. The van der Waals surface area contributed by atoms with Crippen molar-refractivity contribution in [2.24, 2.45) is 5.73 Å². The second kappa shape index (κ2) is 7.04. The average Bonchev–Trinajstić information content (AvgIpc) is 2.48. The van der Waals surface area contributed by atoms with E-state index in [1.165, 1.54) is 6.07 Å². The Morgan fingerprint density at radius 1 is 1.19 bits per heavy atom. The molecule has 2 aromatic rings. The van der Waals surface area contributed by atoms with Crippen LogP contribution in [0.1, 0.15) is 5.56 Å². The van der Waals surface area contributed by atoms with Crippen molar-refractivity contribution in [2.75, 3.05) is 25.1 Å². The van der Waals surface area contributed by atoms with Gasteiger partial charge in [-0.15, -0.1) is 0 Å². The predicted molar refractivity (Wildman–Crippen MR) is 87.5 cm³/mol. The molecule has 0 aliphatic heterocycles. The molecule has 0 saturated carbocycles. The molecule has 3 nitrogen and oxygen atoms in total. The first kappa shape index (κ1) is 15.3. The maximum absolute atomic E-state index is 13.6. The highest BCUT2D eigenvalue weighted by Gasteiger charge is 2.06. The second-order valence-electron chi connectivity index (χ2n) is 4.61. The molecule has 0 bridgehead atoms. The fourth-order valence-electron chi connectivity index (χ4n) is 1.90. The van der Waals surface area contributed by atoms with Gasteiger partial charge in [-0.3, -0.25) is 0 Å². The van der Waals surface area contributed by atoms with E-state index >= 15 is 0 Å². The normalized spacial score (nSPS) is 10.2. The molecule has 110 valence electrons. The first-order valence-corrected chi connectivity index (χ1v) is 6.97. The van der Waals surface area contributed by atoms with Crippen LogP contribution in [0.5, 0.6) is 5.75 Å². The van der Waals surface area contributed by atoms with Gasteiger partial charge in [-0.05, 0) is 36.4 Å². The summed E-state index contributed by atoms with van der Waals surface area (Å²) < 4.78 is 19.2. The minimum Gasteiger partial charge on any atom is -0.492 e. The minimum absolute atomic E-state index is 0.235.